The third-order valence-corrected chi connectivity index (χ3v) is 5.80. The Morgan fingerprint density at radius 3 is 1.29 bits per heavy atom. The molecule has 5 nitrogen and oxygen atoms in total. The van der Waals surface area contributed by atoms with E-state index in [0.29, 0.717) is 13.0 Å². The zero-order valence-corrected chi connectivity index (χ0v) is 19.0. The van der Waals surface area contributed by atoms with E-state index in [9.17, 15) is 5.21 Å². The molecule has 0 aromatic carbocycles. The van der Waals surface area contributed by atoms with E-state index in [1.807, 2.05) is 6.92 Å². The standard InChI is InChI=1S/C23H50N2O3/c1-3-5-6-7-8-9-10-11-12-13-14-15-16-17-18-19-21-24(26)23(4-2)20-22-25(27)28/h23,26-28H,3-22H2,1-2H3. The molecule has 0 aromatic heterocycles. The Bertz CT molecular complexity index is 304. The third kappa shape index (κ3) is 19.1. The van der Waals surface area contributed by atoms with Gasteiger partial charge in [0.25, 0.3) is 0 Å². The molecule has 3 N–H and O–H groups in total. The van der Waals surface area contributed by atoms with E-state index in [0.717, 1.165) is 19.3 Å². The van der Waals surface area contributed by atoms with Crippen LogP contribution in [0, 0.1) is 0 Å². The van der Waals surface area contributed by atoms with Gasteiger partial charge in [-0.3, -0.25) is 10.4 Å². The highest BCUT2D eigenvalue weighted by Crippen LogP contribution is 2.14. The van der Waals surface area contributed by atoms with Crippen LogP contribution in [-0.4, -0.2) is 45.0 Å². The smallest absolute Gasteiger partial charge is 0.0528 e. The molecule has 0 fully saturated rings. The zero-order valence-electron chi connectivity index (χ0n) is 19.0. The van der Waals surface area contributed by atoms with Crippen molar-refractivity contribution < 1.29 is 15.6 Å². The maximum Gasteiger partial charge on any atom is 0.0528 e. The molecule has 170 valence electrons. The number of hydrogen-bond acceptors (Lipinski definition) is 5. The van der Waals surface area contributed by atoms with Crippen LogP contribution in [0.5, 0.6) is 0 Å². The number of rotatable bonds is 22. The van der Waals surface area contributed by atoms with Crippen molar-refractivity contribution in [3.63, 3.8) is 0 Å². The average molecular weight is 403 g/mol. The molecule has 0 heterocycles. The minimum atomic E-state index is -0.00172. The van der Waals surface area contributed by atoms with Crippen molar-refractivity contribution in [1.82, 2.24) is 10.3 Å². The number of unbranched alkanes of at least 4 members (excludes halogenated alkanes) is 15. The van der Waals surface area contributed by atoms with Crippen LogP contribution in [-0.2, 0) is 0 Å². The van der Waals surface area contributed by atoms with Crippen molar-refractivity contribution in [1.29, 1.82) is 0 Å². The van der Waals surface area contributed by atoms with Crippen molar-refractivity contribution in [2.45, 2.75) is 135 Å². The predicted octanol–water partition coefficient (Wildman–Crippen LogP) is 7.19. The van der Waals surface area contributed by atoms with Gasteiger partial charge in [0.15, 0.2) is 0 Å². The zero-order chi connectivity index (χ0) is 20.9. The largest absolute Gasteiger partial charge is 0.314 e. The fourth-order valence-electron chi connectivity index (χ4n) is 3.83. The van der Waals surface area contributed by atoms with E-state index in [1.54, 1.807) is 0 Å². The van der Waals surface area contributed by atoms with Crippen molar-refractivity contribution in [2.75, 3.05) is 13.1 Å². The molecular formula is C23H50N2O3. The molecule has 0 saturated carbocycles. The molecule has 1 unspecified atom stereocenters. The summed E-state index contributed by atoms with van der Waals surface area (Å²) in [7, 11) is 0. The van der Waals surface area contributed by atoms with Crippen LogP contribution in [0.1, 0.15) is 129 Å². The Balaban J connectivity index is 3.30. The molecule has 0 aliphatic heterocycles. The van der Waals surface area contributed by atoms with Gasteiger partial charge in [-0.05, 0) is 19.3 Å². The molecule has 28 heavy (non-hydrogen) atoms. The van der Waals surface area contributed by atoms with E-state index in [2.05, 4.69) is 6.92 Å². The molecule has 0 spiro atoms. The maximum atomic E-state index is 10.1. The molecule has 0 amide bonds. The molecule has 0 aliphatic carbocycles. The third-order valence-electron chi connectivity index (χ3n) is 5.80. The van der Waals surface area contributed by atoms with Gasteiger partial charge in [-0.15, -0.1) is 0 Å². The average Bonchev–Trinajstić information content (AvgIpc) is 2.67. The number of hydrogen-bond donors (Lipinski definition) is 3. The summed E-state index contributed by atoms with van der Waals surface area (Å²) in [6.07, 6.45) is 23.0. The first kappa shape index (κ1) is 27.8. The van der Waals surface area contributed by atoms with E-state index in [4.69, 9.17) is 10.4 Å². The molecule has 0 aliphatic rings. The second kappa shape index (κ2) is 21.5. The van der Waals surface area contributed by atoms with Gasteiger partial charge in [0.2, 0.25) is 0 Å². The van der Waals surface area contributed by atoms with Gasteiger partial charge in [0.1, 0.15) is 0 Å². The molecular weight excluding hydrogens is 352 g/mol. The lowest BCUT2D eigenvalue weighted by molar-refractivity contribution is -0.309. The SMILES string of the molecule is CCCCCCCCCCCCCCCCCCN(O)C(CC)CCN(O)O. The normalized spacial score (nSPS) is 13.0. The van der Waals surface area contributed by atoms with Crippen molar-refractivity contribution in [3.05, 3.63) is 0 Å². The predicted molar refractivity (Wildman–Crippen MR) is 117 cm³/mol. The first-order valence-electron chi connectivity index (χ1n) is 12.2. The maximum absolute atomic E-state index is 10.1. The van der Waals surface area contributed by atoms with E-state index in [1.165, 1.54) is 95.0 Å². The summed E-state index contributed by atoms with van der Waals surface area (Å²) in [5.74, 6) is 0. The number of hydroxylamine groups is 4. The quantitative estimate of drug-likeness (QED) is 0.132. The monoisotopic (exact) mass is 402 g/mol. The summed E-state index contributed by atoms with van der Waals surface area (Å²) >= 11 is 0. The van der Waals surface area contributed by atoms with Gasteiger partial charge in [0.05, 0.1) is 6.54 Å². The first-order chi connectivity index (χ1) is 13.6. The van der Waals surface area contributed by atoms with Gasteiger partial charge in [0, 0.05) is 12.6 Å². The highest BCUT2D eigenvalue weighted by Gasteiger charge is 2.14. The van der Waals surface area contributed by atoms with Crippen molar-refractivity contribution in [2.24, 2.45) is 0 Å². The van der Waals surface area contributed by atoms with Crippen LogP contribution in [0.2, 0.25) is 0 Å². The van der Waals surface area contributed by atoms with Gasteiger partial charge < -0.3 is 5.21 Å². The van der Waals surface area contributed by atoms with Crippen LogP contribution >= 0.6 is 0 Å². The summed E-state index contributed by atoms with van der Waals surface area (Å²) in [5.41, 5.74) is 0. The van der Waals surface area contributed by atoms with Gasteiger partial charge in [-0.2, -0.15) is 5.06 Å². The molecule has 0 saturated heterocycles. The van der Waals surface area contributed by atoms with Crippen LogP contribution in [0.3, 0.4) is 0 Å². The number of nitrogens with zero attached hydrogens (tertiary/aromatic N) is 2. The van der Waals surface area contributed by atoms with Gasteiger partial charge in [-0.25, -0.2) is 0 Å². The second-order valence-electron chi connectivity index (χ2n) is 8.41. The molecule has 0 radical (unpaired) electrons. The minimum Gasteiger partial charge on any atom is -0.314 e. The molecule has 1 atom stereocenters. The summed E-state index contributed by atoms with van der Waals surface area (Å²) in [4.78, 5) is 0. The van der Waals surface area contributed by atoms with Gasteiger partial charge >= 0.3 is 0 Å². The molecule has 0 rings (SSSR count). The van der Waals surface area contributed by atoms with Crippen LogP contribution in [0.4, 0.5) is 0 Å². The lowest BCUT2D eigenvalue weighted by Crippen LogP contribution is -2.35. The van der Waals surface area contributed by atoms with E-state index < -0.39 is 0 Å². The topological polar surface area (TPSA) is 67.2 Å². The summed E-state index contributed by atoms with van der Waals surface area (Å²) < 4.78 is 0. The lowest BCUT2D eigenvalue weighted by atomic mass is 10.0. The van der Waals surface area contributed by atoms with Crippen molar-refractivity contribution in [3.8, 4) is 0 Å². The second-order valence-corrected chi connectivity index (χ2v) is 8.41. The summed E-state index contributed by atoms with van der Waals surface area (Å²) in [6, 6.07) is -0.00172. The summed E-state index contributed by atoms with van der Waals surface area (Å²) in [6.45, 7) is 5.13. The Kier molecular flexibility index (Phi) is 21.4. The molecule has 0 bridgehead atoms. The van der Waals surface area contributed by atoms with Crippen molar-refractivity contribution >= 4 is 0 Å². The fourth-order valence-corrected chi connectivity index (χ4v) is 3.83. The van der Waals surface area contributed by atoms with E-state index in [-0.39, 0.29) is 17.8 Å². The Morgan fingerprint density at radius 2 is 0.929 bits per heavy atom. The lowest BCUT2D eigenvalue weighted by Gasteiger charge is -2.25. The Hall–Kier alpha value is -0.200. The first-order valence-corrected chi connectivity index (χ1v) is 12.2. The minimum absolute atomic E-state index is 0.00172. The highest BCUT2D eigenvalue weighted by atomic mass is 16.8. The Labute approximate surface area is 175 Å². The van der Waals surface area contributed by atoms with Crippen LogP contribution in [0.15, 0.2) is 0 Å². The van der Waals surface area contributed by atoms with Crippen LogP contribution in [0.25, 0.3) is 0 Å². The fraction of sp³-hybridized carbons (Fsp3) is 1.00. The van der Waals surface area contributed by atoms with Crippen LogP contribution < -0.4 is 0 Å². The van der Waals surface area contributed by atoms with E-state index >= 15 is 0 Å². The molecule has 0 aromatic rings. The van der Waals surface area contributed by atoms with Gasteiger partial charge in [-0.1, -0.05) is 115 Å². The highest BCUT2D eigenvalue weighted by molar-refractivity contribution is 4.64. The molecule has 5 heteroatoms. The Morgan fingerprint density at radius 1 is 0.536 bits per heavy atom. The summed E-state index contributed by atoms with van der Waals surface area (Å²) in [5, 5.41) is 29.3.